The van der Waals surface area contributed by atoms with Gasteiger partial charge in [0.15, 0.2) is 0 Å². The number of esters is 1. The molecule has 2 aromatic carbocycles. The van der Waals surface area contributed by atoms with E-state index >= 15 is 0 Å². The smallest absolute Gasteiger partial charge is 0.341 e. The Morgan fingerprint density at radius 3 is 2.59 bits per heavy atom. The van der Waals surface area contributed by atoms with E-state index in [2.05, 4.69) is 5.32 Å². The first-order valence-corrected chi connectivity index (χ1v) is 13.0. The van der Waals surface area contributed by atoms with Crippen molar-refractivity contribution in [3.8, 4) is 0 Å². The molecule has 0 bridgehead atoms. The van der Waals surface area contributed by atoms with Gasteiger partial charge in [0.2, 0.25) is 5.91 Å². The summed E-state index contributed by atoms with van der Waals surface area (Å²) in [7, 11) is 1.36. The third-order valence-electron chi connectivity index (χ3n) is 6.16. The monoisotopic (exact) mass is 492 g/mol. The molecular weight excluding hydrogens is 468 g/mol. The van der Waals surface area contributed by atoms with E-state index in [1.165, 1.54) is 18.4 Å². The molecular formula is C26H24N2O4S2. The van der Waals surface area contributed by atoms with Gasteiger partial charge in [-0.05, 0) is 48.1 Å². The number of thioether (sulfide) groups is 1. The van der Waals surface area contributed by atoms with Gasteiger partial charge in [0.1, 0.15) is 10.4 Å². The first kappa shape index (κ1) is 22.7. The summed E-state index contributed by atoms with van der Waals surface area (Å²) in [5, 5.41) is 3.38. The minimum atomic E-state index is -0.411. The molecule has 0 spiro atoms. The van der Waals surface area contributed by atoms with Crippen LogP contribution in [0.3, 0.4) is 0 Å². The van der Waals surface area contributed by atoms with Gasteiger partial charge < -0.3 is 15.0 Å². The van der Waals surface area contributed by atoms with Crippen molar-refractivity contribution in [2.24, 2.45) is 0 Å². The Hall–Kier alpha value is -3.10. The topological polar surface area (TPSA) is 75.7 Å². The van der Waals surface area contributed by atoms with Crippen molar-refractivity contribution in [3.63, 3.8) is 0 Å². The summed E-state index contributed by atoms with van der Waals surface area (Å²) in [6.07, 6.45) is 2.77. The van der Waals surface area contributed by atoms with E-state index in [4.69, 9.17) is 4.74 Å². The number of thiophene rings is 1. The molecule has 1 N–H and O–H groups in total. The molecule has 2 aliphatic rings. The van der Waals surface area contributed by atoms with Crippen molar-refractivity contribution in [2.45, 2.75) is 31.2 Å². The summed E-state index contributed by atoms with van der Waals surface area (Å²) >= 11 is 3.05. The third kappa shape index (κ3) is 4.35. The zero-order valence-electron chi connectivity index (χ0n) is 18.7. The van der Waals surface area contributed by atoms with Gasteiger partial charge in [0, 0.05) is 17.0 Å². The largest absolute Gasteiger partial charge is 0.465 e. The van der Waals surface area contributed by atoms with E-state index in [-0.39, 0.29) is 17.2 Å². The van der Waals surface area contributed by atoms with Crippen LogP contribution in [0.2, 0.25) is 0 Å². The van der Waals surface area contributed by atoms with Crippen molar-refractivity contribution in [1.29, 1.82) is 0 Å². The van der Waals surface area contributed by atoms with E-state index in [9.17, 15) is 14.4 Å². The molecule has 1 aromatic heterocycles. The average Bonchev–Trinajstić information content (AvgIpc) is 3.54. The number of carbonyl (C=O) groups is 3. The quantitative estimate of drug-likeness (QED) is 0.488. The van der Waals surface area contributed by atoms with Crippen molar-refractivity contribution in [1.82, 2.24) is 4.90 Å². The molecule has 5 rings (SSSR count). The predicted octanol–water partition coefficient (Wildman–Crippen LogP) is 5.05. The van der Waals surface area contributed by atoms with Crippen LogP contribution in [0, 0.1) is 0 Å². The van der Waals surface area contributed by atoms with E-state index < -0.39 is 5.97 Å². The Morgan fingerprint density at radius 1 is 1.09 bits per heavy atom. The third-order valence-corrected chi connectivity index (χ3v) is 8.62. The number of ether oxygens (including phenoxy) is 1. The lowest BCUT2D eigenvalue weighted by atomic mass is 10.1. The number of benzene rings is 2. The Kier molecular flexibility index (Phi) is 6.43. The lowest BCUT2D eigenvalue weighted by Gasteiger charge is -2.24. The van der Waals surface area contributed by atoms with Crippen LogP contribution in [0.15, 0.2) is 54.6 Å². The fourth-order valence-corrected chi connectivity index (χ4v) is 6.93. The summed E-state index contributed by atoms with van der Waals surface area (Å²) in [5.41, 5.74) is 4.06. The molecule has 0 radical (unpaired) electrons. The van der Waals surface area contributed by atoms with Crippen LogP contribution in [0.4, 0.5) is 5.00 Å². The number of carbonyl (C=O) groups excluding carboxylic acids is 3. The Labute approximate surface area is 206 Å². The number of nitrogens with zero attached hydrogens (tertiary/aromatic N) is 1. The number of fused-ring (bicyclic) bond motifs is 1. The molecule has 0 unspecified atom stereocenters. The molecule has 34 heavy (non-hydrogen) atoms. The highest BCUT2D eigenvalue weighted by molar-refractivity contribution is 8.00. The molecule has 1 aliphatic heterocycles. The second-order valence-corrected chi connectivity index (χ2v) is 10.5. The molecule has 3 aromatic rings. The van der Waals surface area contributed by atoms with Gasteiger partial charge in [-0.1, -0.05) is 42.5 Å². The molecule has 8 heteroatoms. The fourth-order valence-electron chi connectivity index (χ4n) is 4.47. The second kappa shape index (κ2) is 9.64. The fraction of sp³-hybridized carbons (Fsp3) is 0.269. The van der Waals surface area contributed by atoms with Crippen molar-refractivity contribution >= 4 is 45.9 Å². The second-order valence-electron chi connectivity index (χ2n) is 8.30. The summed E-state index contributed by atoms with van der Waals surface area (Å²) < 4.78 is 4.96. The molecule has 1 atom stereocenters. The standard InChI is InChI=1S/C26H24N2O4S2/c1-32-26(31)22-19-8-5-9-20(19)34-24(22)27-23(30)17-10-12-18(13-11-17)25-28(21(29)15-33-25)14-16-6-3-2-4-7-16/h2-4,6-7,10-13,25H,5,8-9,14-15H2,1H3,(H,27,30)/t25-/m0/s1. The number of methoxy groups -OCH3 is 1. The molecule has 174 valence electrons. The number of aryl methyl sites for hydroxylation is 1. The lowest BCUT2D eigenvalue weighted by molar-refractivity contribution is -0.128. The highest BCUT2D eigenvalue weighted by atomic mass is 32.2. The van der Waals surface area contributed by atoms with Gasteiger partial charge in [0.25, 0.3) is 5.91 Å². The molecule has 1 aliphatic carbocycles. The zero-order chi connectivity index (χ0) is 23.7. The molecule has 1 fully saturated rings. The highest BCUT2D eigenvalue weighted by Gasteiger charge is 2.33. The van der Waals surface area contributed by atoms with Crippen LogP contribution in [-0.2, 0) is 28.9 Å². The van der Waals surface area contributed by atoms with Crippen LogP contribution < -0.4 is 5.32 Å². The van der Waals surface area contributed by atoms with Crippen LogP contribution in [-0.4, -0.2) is 35.5 Å². The highest BCUT2D eigenvalue weighted by Crippen LogP contribution is 2.41. The molecule has 6 nitrogen and oxygen atoms in total. The molecule has 1 saturated heterocycles. The number of amides is 2. The van der Waals surface area contributed by atoms with E-state index in [0.29, 0.717) is 28.4 Å². The Balaban J connectivity index is 1.32. The van der Waals surface area contributed by atoms with Gasteiger partial charge in [-0.15, -0.1) is 23.1 Å². The van der Waals surface area contributed by atoms with Gasteiger partial charge in [-0.2, -0.15) is 0 Å². The van der Waals surface area contributed by atoms with Gasteiger partial charge in [-0.3, -0.25) is 9.59 Å². The zero-order valence-corrected chi connectivity index (χ0v) is 20.3. The van der Waals surface area contributed by atoms with E-state index in [1.807, 2.05) is 47.4 Å². The Bertz CT molecular complexity index is 1240. The van der Waals surface area contributed by atoms with Crippen molar-refractivity contribution in [3.05, 3.63) is 87.3 Å². The number of hydrogen-bond donors (Lipinski definition) is 1. The van der Waals surface area contributed by atoms with E-state index in [0.717, 1.165) is 40.8 Å². The van der Waals surface area contributed by atoms with Crippen LogP contribution in [0.1, 0.15) is 54.1 Å². The normalized spacial score (nSPS) is 17.0. The van der Waals surface area contributed by atoms with E-state index in [1.54, 1.807) is 23.9 Å². The number of anilines is 1. The molecule has 2 heterocycles. The van der Waals surface area contributed by atoms with Crippen molar-refractivity contribution < 1.29 is 19.1 Å². The number of hydrogen-bond acceptors (Lipinski definition) is 6. The summed E-state index contributed by atoms with van der Waals surface area (Å²) in [6.45, 7) is 0.554. The maximum Gasteiger partial charge on any atom is 0.341 e. The number of nitrogens with one attached hydrogen (secondary N) is 1. The summed E-state index contributed by atoms with van der Waals surface area (Å²) in [5.74, 6) is -0.125. The minimum Gasteiger partial charge on any atom is -0.465 e. The predicted molar refractivity (Wildman–Crippen MR) is 134 cm³/mol. The summed E-state index contributed by atoms with van der Waals surface area (Å²) in [6, 6.07) is 17.3. The SMILES string of the molecule is COC(=O)c1c(NC(=O)c2ccc([C@@H]3SCC(=O)N3Cc3ccccc3)cc2)sc2c1CCC2. The molecule has 2 amide bonds. The maximum atomic E-state index is 13.0. The van der Waals surface area contributed by atoms with Gasteiger partial charge in [-0.25, -0.2) is 4.79 Å². The van der Waals surface area contributed by atoms with Crippen molar-refractivity contribution in [2.75, 3.05) is 18.2 Å². The first-order valence-electron chi connectivity index (χ1n) is 11.1. The minimum absolute atomic E-state index is 0.0870. The average molecular weight is 493 g/mol. The van der Waals surface area contributed by atoms with Gasteiger partial charge in [0.05, 0.1) is 18.4 Å². The molecule has 0 saturated carbocycles. The van der Waals surface area contributed by atoms with Crippen LogP contribution >= 0.6 is 23.1 Å². The number of rotatable bonds is 6. The van der Waals surface area contributed by atoms with Crippen LogP contribution in [0.5, 0.6) is 0 Å². The summed E-state index contributed by atoms with van der Waals surface area (Å²) in [4.78, 5) is 40.9. The first-order chi connectivity index (χ1) is 16.5. The van der Waals surface area contributed by atoms with Crippen LogP contribution in [0.25, 0.3) is 0 Å². The maximum absolute atomic E-state index is 13.0. The Morgan fingerprint density at radius 2 is 1.85 bits per heavy atom. The lowest BCUT2D eigenvalue weighted by Crippen LogP contribution is -2.27. The van der Waals surface area contributed by atoms with Gasteiger partial charge >= 0.3 is 5.97 Å².